The molecule has 0 amide bonds. The third kappa shape index (κ3) is 3.71. The average molecular weight is 573 g/mol. The highest BCUT2D eigenvalue weighted by atomic mass is 16.5. The molecule has 0 aromatic heterocycles. The molecular weight excluding hydrogens is 520 g/mol. The summed E-state index contributed by atoms with van der Waals surface area (Å²) in [7, 11) is 1.69. The lowest BCUT2D eigenvalue weighted by molar-refractivity contribution is -0.231. The molecule has 0 spiro atoms. The molecule has 0 aliphatic heterocycles. The SMILES string of the molecule is C=C(C)[C@@H]1CC[C@]2(C(=O)O)CC[C@]3(C)[C@H](CC[C@@H]4[C@@]5(C)C/C(=C\c6ccccc6OC)C(=O)C(C)(C)[C@H]5CC[C@]43C)[C@H]12. The van der Waals surface area contributed by atoms with Crippen LogP contribution in [0.3, 0.4) is 0 Å². The Bertz CT molecular complexity index is 1350. The lowest BCUT2D eigenvalue weighted by atomic mass is 9.32. The van der Waals surface area contributed by atoms with Gasteiger partial charge in [0.25, 0.3) is 0 Å². The number of carboxylic acid groups (broad SMARTS) is 1. The molecule has 1 aromatic carbocycles. The second-order valence-corrected chi connectivity index (χ2v) is 16.3. The van der Waals surface area contributed by atoms with Gasteiger partial charge in [0.1, 0.15) is 5.75 Å². The zero-order valence-corrected chi connectivity index (χ0v) is 27.0. The molecule has 0 radical (unpaired) electrons. The average Bonchev–Trinajstić information content (AvgIpc) is 3.34. The van der Waals surface area contributed by atoms with E-state index in [4.69, 9.17) is 4.74 Å². The van der Waals surface area contributed by atoms with Gasteiger partial charge in [-0.1, -0.05) is 65.0 Å². The topological polar surface area (TPSA) is 63.6 Å². The van der Waals surface area contributed by atoms with E-state index in [0.29, 0.717) is 29.5 Å². The first-order valence-corrected chi connectivity index (χ1v) is 16.4. The molecule has 0 bridgehead atoms. The number of hydrogen-bond acceptors (Lipinski definition) is 3. The second-order valence-electron chi connectivity index (χ2n) is 16.3. The van der Waals surface area contributed by atoms with E-state index >= 15 is 0 Å². The van der Waals surface area contributed by atoms with Crippen LogP contribution in [-0.4, -0.2) is 24.0 Å². The van der Waals surface area contributed by atoms with Crippen molar-refractivity contribution in [1.29, 1.82) is 0 Å². The van der Waals surface area contributed by atoms with Gasteiger partial charge in [-0.05, 0) is 128 Å². The molecule has 228 valence electrons. The number of ketones is 1. The Hall–Kier alpha value is -2.36. The van der Waals surface area contributed by atoms with Crippen molar-refractivity contribution in [2.75, 3.05) is 7.11 Å². The van der Waals surface area contributed by atoms with E-state index in [0.717, 1.165) is 74.7 Å². The third-order valence-electron chi connectivity index (χ3n) is 14.5. The van der Waals surface area contributed by atoms with Crippen molar-refractivity contribution in [3.8, 4) is 5.75 Å². The Morgan fingerprint density at radius 3 is 2.33 bits per heavy atom. The highest BCUT2D eigenvalue weighted by Crippen LogP contribution is 2.77. The van der Waals surface area contributed by atoms with Gasteiger partial charge in [-0.15, -0.1) is 0 Å². The molecule has 1 N–H and O–H groups in total. The zero-order valence-electron chi connectivity index (χ0n) is 27.0. The Kier molecular flexibility index (Phi) is 6.77. The Labute approximate surface area is 253 Å². The van der Waals surface area contributed by atoms with Crippen LogP contribution in [0.1, 0.15) is 105 Å². The number of Topliss-reactive ketones (excluding diaryl/α,β-unsaturated/α-hetero) is 1. The van der Waals surface area contributed by atoms with Crippen LogP contribution in [-0.2, 0) is 9.59 Å². The van der Waals surface area contributed by atoms with Crippen LogP contribution in [0.5, 0.6) is 5.75 Å². The van der Waals surface area contributed by atoms with Gasteiger partial charge in [-0.25, -0.2) is 0 Å². The molecule has 0 saturated heterocycles. The van der Waals surface area contributed by atoms with Crippen molar-refractivity contribution in [2.45, 2.75) is 99.3 Å². The van der Waals surface area contributed by atoms with E-state index in [9.17, 15) is 14.7 Å². The van der Waals surface area contributed by atoms with E-state index in [1.807, 2.05) is 24.3 Å². The van der Waals surface area contributed by atoms with Crippen LogP contribution < -0.4 is 4.74 Å². The van der Waals surface area contributed by atoms with Gasteiger partial charge in [-0.3, -0.25) is 9.59 Å². The lowest BCUT2D eigenvalue weighted by Gasteiger charge is -2.72. The number of aliphatic carboxylic acids is 1. The highest BCUT2D eigenvalue weighted by Gasteiger charge is 2.72. The normalized spacial score (nSPS) is 44.9. The smallest absolute Gasteiger partial charge is 0.309 e. The number of carbonyl (C=O) groups is 2. The van der Waals surface area contributed by atoms with Crippen LogP contribution in [0, 0.1) is 56.7 Å². The zero-order chi connectivity index (χ0) is 30.5. The van der Waals surface area contributed by atoms with Crippen molar-refractivity contribution in [3.63, 3.8) is 0 Å². The predicted octanol–water partition coefficient (Wildman–Crippen LogP) is 9.00. The summed E-state index contributed by atoms with van der Waals surface area (Å²) in [6.45, 7) is 18.5. The van der Waals surface area contributed by atoms with Crippen LogP contribution in [0.25, 0.3) is 6.08 Å². The molecule has 5 saturated carbocycles. The fourth-order valence-electron chi connectivity index (χ4n) is 12.5. The quantitative estimate of drug-likeness (QED) is 0.289. The van der Waals surface area contributed by atoms with Gasteiger partial charge >= 0.3 is 5.97 Å². The summed E-state index contributed by atoms with van der Waals surface area (Å²) < 4.78 is 5.66. The predicted molar refractivity (Wildman–Crippen MR) is 168 cm³/mol. The first-order chi connectivity index (χ1) is 19.7. The van der Waals surface area contributed by atoms with Gasteiger partial charge in [0.05, 0.1) is 12.5 Å². The number of ether oxygens (including phenoxy) is 1. The standard InChI is InChI=1S/C38H52O4/c1-23(2)26-15-18-38(33(40)41)20-19-36(6)27(31(26)38)13-14-30-35(5)22-25(21-24-11-9-10-12-28(24)42-8)32(39)34(3,4)29(35)16-17-37(30,36)7/h9-12,21,26-27,29-31H,1,13-20,22H2,2-8H3,(H,40,41)/b25-21+/t26-,27+,29+,30+,31-,35-,36+,37+,38-/m0/s1. The fraction of sp³-hybridized carbons (Fsp3) is 0.684. The Morgan fingerprint density at radius 2 is 1.67 bits per heavy atom. The molecule has 42 heavy (non-hydrogen) atoms. The first kappa shape index (κ1) is 29.7. The van der Waals surface area contributed by atoms with Crippen LogP contribution in [0.15, 0.2) is 42.0 Å². The molecular formula is C38H52O4. The van der Waals surface area contributed by atoms with Crippen LogP contribution in [0.4, 0.5) is 0 Å². The van der Waals surface area contributed by atoms with Crippen molar-refractivity contribution >= 4 is 17.8 Å². The molecule has 4 heteroatoms. The fourth-order valence-corrected chi connectivity index (χ4v) is 12.5. The maximum atomic E-state index is 14.1. The molecule has 4 nitrogen and oxygen atoms in total. The number of methoxy groups -OCH3 is 1. The molecule has 1 aromatic rings. The monoisotopic (exact) mass is 572 g/mol. The summed E-state index contributed by atoms with van der Waals surface area (Å²) in [5.74, 6) is 2.23. The molecule has 5 aliphatic carbocycles. The minimum atomic E-state index is -0.595. The lowest BCUT2D eigenvalue weighted by Crippen LogP contribution is -2.67. The highest BCUT2D eigenvalue weighted by molar-refractivity contribution is 6.04. The minimum Gasteiger partial charge on any atom is -0.496 e. The summed E-state index contributed by atoms with van der Waals surface area (Å²) in [5.41, 5.74) is 2.23. The van der Waals surface area contributed by atoms with Gasteiger partial charge in [0.15, 0.2) is 5.78 Å². The molecule has 6 rings (SSSR count). The van der Waals surface area contributed by atoms with Crippen molar-refractivity contribution in [2.24, 2.45) is 56.7 Å². The van der Waals surface area contributed by atoms with Crippen LogP contribution in [0.2, 0.25) is 0 Å². The van der Waals surface area contributed by atoms with E-state index in [1.54, 1.807) is 7.11 Å². The summed E-state index contributed by atoms with van der Waals surface area (Å²) in [6.07, 6.45) is 10.8. The molecule has 5 aliphatic rings. The van der Waals surface area contributed by atoms with E-state index in [2.05, 4.69) is 54.2 Å². The van der Waals surface area contributed by atoms with Crippen molar-refractivity contribution in [3.05, 3.63) is 47.6 Å². The number of allylic oxidation sites excluding steroid dienone is 2. The summed E-state index contributed by atoms with van der Waals surface area (Å²) in [6, 6.07) is 8.01. The number of carboxylic acids is 1. The third-order valence-corrected chi connectivity index (χ3v) is 14.5. The van der Waals surface area contributed by atoms with Gasteiger partial charge in [-0.2, -0.15) is 0 Å². The number of fused-ring (bicyclic) bond motifs is 7. The van der Waals surface area contributed by atoms with E-state index in [1.165, 1.54) is 5.57 Å². The molecule has 0 unspecified atom stereocenters. The summed E-state index contributed by atoms with van der Waals surface area (Å²) >= 11 is 0. The molecule has 9 atom stereocenters. The summed E-state index contributed by atoms with van der Waals surface area (Å²) in [4.78, 5) is 27.1. The number of benzene rings is 1. The maximum Gasteiger partial charge on any atom is 0.309 e. The van der Waals surface area contributed by atoms with Gasteiger partial charge in [0, 0.05) is 11.0 Å². The largest absolute Gasteiger partial charge is 0.496 e. The first-order valence-electron chi connectivity index (χ1n) is 16.4. The summed E-state index contributed by atoms with van der Waals surface area (Å²) in [5, 5.41) is 10.7. The van der Waals surface area contributed by atoms with Crippen LogP contribution >= 0.6 is 0 Å². The minimum absolute atomic E-state index is 0.00297. The Morgan fingerprint density at radius 1 is 0.952 bits per heavy atom. The van der Waals surface area contributed by atoms with Gasteiger partial charge in [0.2, 0.25) is 0 Å². The number of rotatable bonds is 4. The van der Waals surface area contributed by atoms with Crippen molar-refractivity contribution < 1.29 is 19.4 Å². The van der Waals surface area contributed by atoms with Crippen molar-refractivity contribution in [1.82, 2.24) is 0 Å². The van der Waals surface area contributed by atoms with Gasteiger partial charge < -0.3 is 9.84 Å². The number of carbonyl (C=O) groups excluding carboxylic acids is 1. The number of para-hydroxylation sites is 1. The van der Waals surface area contributed by atoms with E-state index < -0.39 is 16.8 Å². The molecule has 0 heterocycles. The Balaban J connectivity index is 1.42. The van der Waals surface area contributed by atoms with E-state index in [-0.39, 0.29) is 22.2 Å². The maximum absolute atomic E-state index is 14.1. The number of hydrogen-bond donors (Lipinski definition) is 1. The molecule has 5 fully saturated rings. The second kappa shape index (κ2) is 9.57.